The fraction of sp³-hybridized carbons (Fsp3) is 0.571. The van der Waals surface area contributed by atoms with E-state index in [2.05, 4.69) is 25.7 Å². The first-order chi connectivity index (χ1) is 10.7. The summed E-state index contributed by atoms with van der Waals surface area (Å²) >= 11 is 0. The molecule has 22 heavy (non-hydrogen) atoms. The number of likely N-dealkylation sites (tertiary alicyclic amines) is 1. The Hall–Kier alpha value is -2.22. The molecule has 1 aliphatic heterocycles. The van der Waals surface area contributed by atoms with Crippen molar-refractivity contribution in [2.45, 2.75) is 38.9 Å². The molecule has 0 bridgehead atoms. The number of aryl methyl sites for hydroxylation is 1. The van der Waals surface area contributed by atoms with Crippen LogP contribution in [0.15, 0.2) is 23.2 Å². The van der Waals surface area contributed by atoms with E-state index in [0.29, 0.717) is 6.42 Å². The minimum absolute atomic E-state index is 0.0225. The predicted molar refractivity (Wildman–Crippen MR) is 77.8 cm³/mol. The third kappa shape index (κ3) is 3.01. The Morgan fingerprint density at radius 2 is 2.36 bits per heavy atom. The third-order valence-electron chi connectivity index (χ3n) is 4.06. The minimum Gasteiger partial charge on any atom is -0.364 e. The molecule has 8 nitrogen and oxygen atoms in total. The summed E-state index contributed by atoms with van der Waals surface area (Å²) in [4.78, 5) is 14.0. The maximum atomic E-state index is 11.8. The Kier molecular flexibility index (Phi) is 4.19. The maximum absolute atomic E-state index is 11.8. The van der Waals surface area contributed by atoms with Gasteiger partial charge < -0.3 is 9.84 Å². The zero-order valence-electron chi connectivity index (χ0n) is 12.8. The van der Waals surface area contributed by atoms with Crippen molar-refractivity contribution in [3.63, 3.8) is 0 Å². The lowest BCUT2D eigenvalue weighted by atomic mass is 10.1. The third-order valence-corrected chi connectivity index (χ3v) is 4.06. The van der Waals surface area contributed by atoms with Gasteiger partial charge in [0, 0.05) is 37.8 Å². The van der Waals surface area contributed by atoms with E-state index >= 15 is 0 Å². The molecule has 1 saturated heterocycles. The molecule has 2 aromatic rings. The van der Waals surface area contributed by atoms with Gasteiger partial charge in [-0.3, -0.25) is 9.69 Å². The van der Waals surface area contributed by atoms with Gasteiger partial charge in [0.2, 0.25) is 5.91 Å². The second-order valence-electron chi connectivity index (χ2n) is 5.60. The largest absolute Gasteiger partial charge is 0.364 e. The van der Waals surface area contributed by atoms with Crippen LogP contribution in [0.4, 0.5) is 0 Å². The molecular weight excluding hydrogens is 284 g/mol. The molecule has 0 radical (unpaired) electrons. The summed E-state index contributed by atoms with van der Waals surface area (Å²) in [7, 11) is 0. The number of amides is 1. The number of hydrogen-bond donors (Lipinski definition) is 1. The first kappa shape index (κ1) is 14.7. The van der Waals surface area contributed by atoms with Crippen molar-refractivity contribution in [2.75, 3.05) is 13.1 Å². The highest BCUT2D eigenvalue weighted by atomic mass is 16.5. The van der Waals surface area contributed by atoms with Crippen molar-refractivity contribution < 1.29 is 9.32 Å². The zero-order valence-corrected chi connectivity index (χ0v) is 12.8. The summed E-state index contributed by atoms with van der Waals surface area (Å²) in [5.41, 5.74) is 1.97. The van der Waals surface area contributed by atoms with Gasteiger partial charge in [-0.15, -0.1) is 5.10 Å². The molecule has 118 valence electrons. The number of hydrogen-bond acceptors (Lipinski definition) is 6. The number of rotatable bonds is 5. The van der Waals surface area contributed by atoms with Crippen LogP contribution in [0.2, 0.25) is 0 Å². The van der Waals surface area contributed by atoms with Crippen LogP contribution in [-0.2, 0) is 11.3 Å². The Balaban J connectivity index is 1.73. The van der Waals surface area contributed by atoms with Crippen molar-refractivity contribution in [2.24, 2.45) is 0 Å². The van der Waals surface area contributed by atoms with Gasteiger partial charge in [0.1, 0.15) is 6.26 Å². The number of nitrogens with zero attached hydrogens (tertiary/aromatic N) is 5. The topological polar surface area (TPSA) is 89.1 Å². The highest BCUT2D eigenvalue weighted by molar-refractivity contribution is 5.76. The van der Waals surface area contributed by atoms with E-state index in [1.807, 2.05) is 24.7 Å². The van der Waals surface area contributed by atoms with Crippen molar-refractivity contribution >= 4 is 5.91 Å². The van der Waals surface area contributed by atoms with E-state index < -0.39 is 0 Å². The van der Waals surface area contributed by atoms with Gasteiger partial charge in [0.25, 0.3) is 0 Å². The molecule has 8 heteroatoms. The summed E-state index contributed by atoms with van der Waals surface area (Å²) in [6.45, 7) is 6.09. The van der Waals surface area contributed by atoms with Gasteiger partial charge in [-0.05, 0) is 6.92 Å². The molecule has 2 atom stereocenters. The predicted octanol–water partition coefficient (Wildman–Crippen LogP) is 0.526. The fourth-order valence-corrected chi connectivity index (χ4v) is 2.81. The Morgan fingerprint density at radius 1 is 1.50 bits per heavy atom. The summed E-state index contributed by atoms with van der Waals surface area (Å²) in [6.07, 6.45) is 5.65. The number of carbonyl (C=O) groups is 1. The van der Waals surface area contributed by atoms with Crippen molar-refractivity contribution in [3.05, 3.63) is 29.9 Å². The average Bonchev–Trinajstić information content (AvgIpc) is 3.22. The highest BCUT2D eigenvalue weighted by Crippen LogP contribution is 2.23. The lowest BCUT2D eigenvalue weighted by Gasteiger charge is -2.19. The molecule has 0 spiro atoms. The second-order valence-corrected chi connectivity index (χ2v) is 5.60. The van der Waals surface area contributed by atoms with Crippen LogP contribution in [0.5, 0.6) is 0 Å². The van der Waals surface area contributed by atoms with Gasteiger partial charge >= 0.3 is 0 Å². The maximum Gasteiger partial charge on any atom is 0.220 e. The molecule has 0 saturated carbocycles. The summed E-state index contributed by atoms with van der Waals surface area (Å²) in [5.74, 6) is 0.0538. The normalized spacial score (nSPS) is 22.1. The number of aromatic nitrogens is 4. The van der Waals surface area contributed by atoms with Crippen molar-refractivity contribution in [1.82, 2.24) is 30.4 Å². The van der Waals surface area contributed by atoms with E-state index in [1.54, 1.807) is 12.5 Å². The molecule has 0 aromatic carbocycles. The quantitative estimate of drug-likeness (QED) is 0.866. The van der Waals surface area contributed by atoms with Gasteiger partial charge in [-0.2, -0.15) is 0 Å². The molecule has 3 rings (SSSR count). The van der Waals surface area contributed by atoms with Crippen LogP contribution in [0.3, 0.4) is 0 Å². The second kappa shape index (κ2) is 6.27. The molecule has 1 fully saturated rings. The smallest absolute Gasteiger partial charge is 0.220 e. The Labute approximate surface area is 128 Å². The van der Waals surface area contributed by atoms with E-state index in [4.69, 9.17) is 4.52 Å². The van der Waals surface area contributed by atoms with E-state index in [9.17, 15) is 4.79 Å². The molecular formula is C14H20N6O2. The molecule has 0 aliphatic carbocycles. The summed E-state index contributed by atoms with van der Waals surface area (Å²) in [5, 5.41) is 15.0. The summed E-state index contributed by atoms with van der Waals surface area (Å²) in [6, 6.07) is 0.104. The fourth-order valence-electron chi connectivity index (χ4n) is 2.81. The standard InChI is InChI=1S/C14H20N6O2/c1-3-14(21)16-12-7-19(6-11-9-22-17-10(11)2)8-13(12)20-5-4-15-18-20/h4-5,9,12-13H,3,6-8H2,1-2H3,(H,16,21)/t12-,13+/m1/s1. The SMILES string of the molecule is CCC(=O)N[C@@H]1CN(Cc2conc2C)C[C@@H]1n1ccnn1. The van der Waals surface area contributed by atoms with Crippen molar-refractivity contribution in [1.29, 1.82) is 0 Å². The molecule has 3 heterocycles. The first-order valence-electron chi connectivity index (χ1n) is 7.44. The van der Waals surface area contributed by atoms with E-state index in [-0.39, 0.29) is 18.0 Å². The summed E-state index contributed by atoms with van der Waals surface area (Å²) < 4.78 is 6.81. The van der Waals surface area contributed by atoms with Gasteiger partial charge in [0.15, 0.2) is 0 Å². The van der Waals surface area contributed by atoms with Crippen LogP contribution in [-0.4, -0.2) is 50.1 Å². The lowest BCUT2D eigenvalue weighted by molar-refractivity contribution is -0.121. The van der Waals surface area contributed by atoms with Crippen LogP contribution in [0, 0.1) is 6.92 Å². The van der Waals surface area contributed by atoms with Gasteiger partial charge in [0.05, 0.1) is 24.0 Å². The number of nitrogens with one attached hydrogen (secondary N) is 1. The molecule has 1 amide bonds. The minimum atomic E-state index is 0.0225. The Morgan fingerprint density at radius 3 is 3.00 bits per heavy atom. The molecule has 1 aliphatic rings. The highest BCUT2D eigenvalue weighted by Gasteiger charge is 2.35. The Bertz CT molecular complexity index is 623. The van der Waals surface area contributed by atoms with E-state index in [0.717, 1.165) is 30.9 Å². The van der Waals surface area contributed by atoms with Crippen LogP contribution in [0.25, 0.3) is 0 Å². The van der Waals surface area contributed by atoms with Gasteiger partial charge in [-0.1, -0.05) is 17.3 Å². The van der Waals surface area contributed by atoms with E-state index in [1.165, 1.54) is 0 Å². The molecule has 2 aromatic heterocycles. The first-order valence-corrected chi connectivity index (χ1v) is 7.44. The van der Waals surface area contributed by atoms with Crippen LogP contribution >= 0.6 is 0 Å². The van der Waals surface area contributed by atoms with Crippen LogP contribution in [0.1, 0.15) is 30.6 Å². The monoisotopic (exact) mass is 304 g/mol. The van der Waals surface area contributed by atoms with Crippen LogP contribution < -0.4 is 5.32 Å². The number of carbonyl (C=O) groups excluding carboxylic acids is 1. The van der Waals surface area contributed by atoms with Gasteiger partial charge in [-0.25, -0.2) is 4.68 Å². The molecule has 0 unspecified atom stereocenters. The lowest BCUT2D eigenvalue weighted by Crippen LogP contribution is -2.41. The molecule has 1 N–H and O–H groups in total. The zero-order chi connectivity index (χ0) is 15.5. The average molecular weight is 304 g/mol. The van der Waals surface area contributed by atoms with Crippen molar-refractivity contribution in [3.8, 4) is 0 Å².